The maximum Gasteiger partial charge on any atom is 0.272 e. The van der Waals surface area contributed by atoms with E-state index in [1.165, 1.54) is 37.1 Å². The molecule has 2 aromatic carbocycles. The van der Waals surface area contributed by atoms with E-state index < -0.39 is 21.8 Å². The molecule has 1 aliphatic heterocycles. The monoisotopic (exact) mass is 429 g/mol. The summed E-state index contributed by atoms with van der Waals surface area (Å²) in [6, 6.07) is 8.60. The van der Waals surface area contributed by atoms with Gasteiger partial charge >= 0.3 is 0 Å². The minimum absolute atomic E-state index is 0.0637. The highest BCUT2D eigenvalue weighted by molar-refractivity contribution is 7.58. The van der Waals surface area contributed by atoms with Crippen molar-refractivity contribution in [3.8, 4) is 0 Å². The topological polar surface area (TPSA) is 68.8 Å². The van der Waals surface area contributed by atoms with E-state index in [0.717, 1.165) is 23.5 Å². The number of fused-ring (bicyclic) bond motifs is 1. The first-order valence-corrected chi connectivity index (χ1v) is 12.0. The lowest BCUT2D eigenvalue weighted by Crippen LogP contribution is -2.50. The van der Waals surface area contributed by atoms with E-state index >= 15 is 0 Å². The highest BCUT2D eigenvalue weighted by Crippen LogP contribution is 2.55. The minimum Gasteiger partial charge on any atom is -0.627 e. The smallest absolute Gasteiger partial charge is 0.272 e. The molecule has 0 atom stereocenters. The molecule has 8 heteroatoms. The molecule has 2 fully saturated rings. The second kappa shape index (κ2) is 7.49. The van der Waals surface area contributed by atoms with Crippen molar-refractivity contribution in [1.29, 1.82) is 0 Å². The molecule has 0 amide bonds. The molecule has 30 heavy (non-hydrogen) atoms. The molecule has 3 aromatic rings. The Bertz CT molecular complexity index is 1170. The van der Waals surface area contributed by atoms with Crippen LogP contribution in [0.2, 0.25) is 0 Å². The van der Waals surface area contributed by atoms with Gasteiger partial charge < -0.3 is 9.85 Å². The molecule has 1 aromatic heterocycles. The van der Waals surface area contributed by atoms with Crippen LogP contribution in [0.15, 0.2) is 41.2 Å². The van der Waals surface area contributed by atoms with Gasteiger partial charge in [0.15, 0.2) is 11.5 Å². The third-order valence-corrected chi connectivity index (χ3v) is 9.31. The van der Waals surface area contributed by atoms with Gasteiger partial charge in [0.25, 0.3) is 5.56 Å². The van der Waals surface area contributed by atoms with Crippen LogP contribution in [0.3, 0.4) is 0 Å². The number of nitrogens with one attached hydrogen (secondary N) is 1. The van der Waals surface area contributed by atoms with Crippen molar-refractivity contribution in [2.45, 2.75) is 24.9 Å². The molecule has 0 spiro atoms. The van der Waals surface area contributed by atoms with Crippen molar-refractivity contribution in [3.05, 3.63) is 74.9 Å². The summed E-state index contributed by atoms with van der Waals surface area (Å²) in [5.41, 5.74) is 1.83. The summed E-state index contributed by atoms with van der Waals surface area (Å²) < 4.78 is 27.6. The van der Waals surface area contributed by atoms with Crippen LogP contribution in [-0.4, -0.2) is 41.3 Å². The molecule has 2 heterocycles. The number of halogens is 2. The van der Waals surface area contributed by atoms with Gasteiger partial charge in [-0.1, -0.05) is 14.0 Å². The number of rotatable bonds is 4. The Hall–Kier alpha value is -2.21. The van der Waals surface area contributed by atoms with E-state index in [2.05, 4.69) is 10.2 Å². The molecule has 156 valence electrons. The lowest BCUT2D eigenvalue weighted by atomic mass is 10.0. The molecule has 0 radical (unpaired) electrons. The van der Waals surface area contributed by atoms with Crippen LogP contribution in [0.5, 0.6) is 0 Å². The lowest BCUT2D eigenvalue weighted by molar-refractivity contribution is 0.387. The largest absolute Gasteiger partial charge is 0.627 e. The highest BCUT2D eigenvalue weighted by atomic mass is 31.1. The van der Waals surface area contributed by atoms with Crippen LogP contribution in [-0.2, 0) is 6.42 Å². The lowest BCUT2D eigenvalue weighted by Gasteiger charge is -2.47. The predicted molar refractivity (Wildman–Crippen MR) is 116 cm³/mol. The van der Waals surface area contributed by atoms with Crippen LogP contribution in [0.4, 0.5) is 14.5 Å². The number of quaternary nitrogens is 1. The van der Waals surface area contributed by atoms with Crippen molar-refractivity contribution in [1.82, 2.24) is 14.8 Å². The van der Waals surface area contributed by atoms with E-state index in [1.54, 1.807) is 12.1 Å². The molecule has 0 bridgehead atoms. The van der Waals surface area contributed by atoms with Crippen molar-refractivity contribution in [2.75, 3.05) is 25.4 Å². The van der Waals surface area contributed by atoms with Crippen LogP contribution in [0.25, 0.3) is 10.8 Å². The Kier molecular flexibility index (Phi) is 4.92. The number of hydrogen-bond donors (Lipinski definition) is 1. The van der Waals surface area contributed by atoms with Gasteiger partial charge in [-0.25, -0.2) is 13.9 Å². The van der Waals surface area contributed by atoms with E-state index in [-0.39, 0.29) is 19.0 Å². The maximum atomic E-state index is 14.6. The molecule has 0 unspecified atom stereocenters. The molecule has 5 rings (SSSR count). The predicted octanol–water partition coefficient (Wildman–Crippen LogP) is 4.26. The van der Waals surface area contributed by atoms with Gasteiger partial charge in [0.1, 0.15) is 5.82 Å². The van der Waals surface area contributed by atoms with Crippen LogP contribution in [0.1, 0.15) is 24.1 Å². The van der Waals surface area contributed by atoms with Crippen LogP contribution in [0, 0.1) is 16.8 Å². The molecule has 5 nitrogen and oxygen atoms in total. The third kappa shape index (κ3) is 3.66. The fourth-order valence-electron chi connectivity index (χ4n) is 4.35. The molecule has 2 aliphatic rings. The molecular formula is C22H22F2N3O2P. The van der Waals surface area contributed by atoms with Crippen molar-refractivity contribution < 1.29 is 8.78 Å². The van der Waals surface area contributed by atoms with Gasteiger partial charge in [-0.2, -0.15) is 5.10 Å². The number of benzene rings is 2. The Morgan fingerprint density at radius 1 is 1.10 bits per heavy atom. The van der Waals surface area contributed by atoms with E-state index in [9.17, 15) is 18.8 Å². The number of aromatic nitrogens is 2. The molecular weight excluding hydrogens is 407 g/mol. The third-order valence-electron chi connectivity index (χ3n) is 6.21. The first-order valence-electron chi connectivity index (χ1n) is 10.2. The summed E-state index contributed by atoms with van der Waals surface area (Å²) in [5, 5.41) is 20.7. The summed E-state index contributed by atoms with van der Waals surface area (Å²) in [6.07, 6.45) is 4.70. The number of nitrogens with zero attached hydrogens (tertiary/aromatic N) is 2. The number of hydrogen-bond acceptors (Lipinski definition) is 3. The Morgan fingerprint density at radius 3 is 2.60 bits per heavy atom. The maximum absolute atomic E-state index is 14.6. The van der Waals surface area contributed by atoms with Crippen molar-refractivity contribution in [3.63, 3.8) is 0 Å². The van der Waals surface area contributed by atoms with Gasteiger partial charge in [-0.05, 0) is 48.3 Å². The van der Waals surface area contributed by atoms with Crippen LogP contribution < -0.4 is 10.2 Å². The van der Waals surface area contributed by atoms with Crippen molar-refractivity contribution in [2.24, 2.45) is 0 Å². The summed E-state index contributed by atoms with van der Waals surface area (Å²) in [6.45, 7) is 0.864. The normalized spacial score (nSPS) is 24.3. The number of aromatic amines is 1. The van der Waals surface area contributed by atoms with Gasteiger partial charge in [0.05, 0.1) is 24.2 Å². The zero-order chi connectivity index (χ0) is 20.9. The zero-order valence-corrected chi connectivity index (χ0v) is 17.3. The average Bonchev–Trinajstić information content (AvgIpc) is 3.57. The zero-order valence-electron chi connectivity index (χ0n) is 16.4. The second-order valence-electron chi connectivity index (χ2n) is 8.26. The molecule has 1 aliphatic carbocycles. The standard InChI is InChI=1S/C22H22F2N3O2P/c23-15-2-5-17-18(13-15)22(28)26-25-20(17)11-14-1-6-19(24)21(12-14)27(29)7-9-30(10-8-27)16-3-4-16/h1-2,5-6,12-13,16H,3-4,7-11H2,(H,26,28). The highest BCUT2D eigenvalue weighted by Gasteiger charge is 2.38. The van der Waals surface area contributed by atoms with Gasteiger partial charge in [-0.3, -0.25) is 4.79 Å². The number of hydroxylamine groups is 2. The van der Waals surface area contributed by atoms with Gasteiger partial charge in [-0.15, -0.1) is 0 Å². The van der Waals surface area contributed by atoms with E-state index in [0.29, 0.717) is 30.6 Å². The van der Waals surface area contributed by atoms with Crippen LogP contribution >= 0.6 is 7.92 Å². The average molecular weight is 429 g/mol. The second-order valence-corrected chi connectivity index (χ2v) is 11.1. The quantitative estimate of drug-likeness (QED) is 0.383. The van der Waals surface area contributed by atoms with Gasteiger partial charge in [0.2, 0.25) is 0 Å². The van der Waals surface area contributed by atoms with E-state index in [4.69, 9.17) is 0 Å². The summed E-state index contributed by atoms with van der Waals surface area (Å²) >= 11 is 0. The fraction of sp³-hybridized carbons (Fsp3) is 0.364. The first kappa shape index (κ1) is 19.7. The Labute approximate surface area is 173 Å². The summed E-state index contributed by atoms with van der Waals surface area (Å²) in [5.74, 6) is -0.976. The molecule has 1 saturated heterocycles. The summed E-state index contributed by atoms with van der Waals surface area (Å²) in [7, 11) is -0.0637. The SMILES string of the molecule is O=c1[nH]nc(Cc2ccc(F)c([N+]3([O-])CCP(C4CC4)CC3)c2)c2ccc(F)cc12. The fourth-order valence-corrected chi connectivity index (χ4v) is 7.35. The summed E-state index contributed by atoms with van der Waals surface area (Å²) in [4.78, 5) is 12.0. The first-order chi connectivity index (χ1) is 14.4. The minimum atomic E-state index is -0.615. The van der Waals surface area contributed by atoms with Crippen molar-refractivity contribution >= 4 is 24.4 Å². The number of H-pyrrole nitrogens is 1. The van der Waals surface area contributed by atoms with E-state index in [1.807, 2.05) is 0 Å². The molecule has 1 N–H and O–H groups in total. The molecule has 1 saturated carbocycles. The Morgan fingerprint density at radius 2 is 1.87 bits per heavy atom. The Balaban J connectivity index is 1.45. The van der Waals surface area contributed by atoms with Gasteiger partial charge in [0, 0.05) is 30.2 Å².